The van der Waals surface area contributed by atoms with Gasteiger partial charge in [-0.15, -0.1) is 0 Å². The molecule has 6 nitrogen and oxygen atoms in total. The van der Waals surface area contributed by atoms with Crippen LogP contribution in [0.2, 0.25) is 0 Å². The fraction of sp³-hybridized carbons (Fsp3) is 0.800. The van der Waals surface area contributed by atoms with E-state index in [0.29, 0.717) is 3.57 Å². The van der Waals surface area contributed by atoms with Crippen LogP contribution in [0.15, 0.2) is 12.1 Å². The Hall–Kier alpha value is -1.64. The van der Waals surface area contributed by atoms with Crippen LogP contribution in [-0.4, -0.2) is 37.7 Å². The third-order valence-corrected chi connectivity index (χ3v) is 10.9. The highest BCUT2D eigenvalue weighted by Crippen LogP contribution is 2.25. The average Bonchev–Trinajstić information content (AvgIpc) is 3.14. The summed E-state index contributed by atoms with van der Waals surface area (Å²) in [6.07, 6.45) is 35.6. The molecular weight excluding hydrogens is 763 g/mol. The number of hydrogen-bond donors (Lipinski definition) is 0. The van der Waals surface area contributed by atoms with Crippen molar-refractivity contribution in [3.63, 3.8) is 0 Å². The molecule has 0 radical (unpaired) electrons. The smallest absolute Gasteiger partial charge is 0.340 e. The summed E-state index contributed by atoms with van der Waals surface area (Å²) in [5, 5.41) is 0. The monoisotopic (exact) mass is 840 g/mol. The highest BCUT2D eigenvalue weighted by molar-refractivity contribution is 14.1. The Labute approximate surface area is 333 Å². The van der Waals surface area contributed by atoms with Crippen LogP contribution in [0, 0.1) is 3.57 Å². The summed E-state index contributed by atoms with van der Waals surface area (Å²) in [4.78, 5) is 40.4. The minimum atomic E-state index is -0.661. The van der Waals surface area contributed by atoms with Crippen molar-refractivity contribution in [1.82, 2.24) is 0 Å². The first-order chi connectivity index (χ1) is 25.5. The largest absolute Gasteiger partial charge is 0.462 e. The van der Waals surface area contributed by atoms with E-state index >= 15 is 0 Å². The normalized spacial score (nSPS) is 11.2. The molecule has 0 aromatic heterocycles. The summed E-state index contributed by atoms with van der Waals surface area (Å²) in [6.45, 7) is 7.54. The summed E-state index contributed by atoms with van der Waals surface area (Å²) in [5.74, 6) is -1.84. The zero-order valence-electron chi connectivity index (χ0n) is 33.8. The highest BCUT2D eigenvalue weighted by atomic mass is 127. The Kier molecular flexibility index (Phi) is 32.6. The molecule has 0 saturated carbocycles. The molecule has 7 heteroatoms. The molecule has 0 bridgehead atoms. The van der Waals surface area contributed by atoms with E-state index in [1.54, 1.807) is 12.1 Å². The van der Waals surface area contributed by atoms with Gasteiger partial charge >= 0.3 is 17.9 Å². The predicted molar refractivity (Wildman–Crippen MR) is 226 cm³/mol. The molecule has 0 aliphatic heterocycles. The topological polar surface area (TPSA) is 78.9 Å². The molecule has 0 unspecified atom stereocenters. The number of halogens is 1. The molecule has 0 amide bonds. The van der Waals surface area contributed by atoms with E-state index in [1.807, 2.05) is 22.6 Å². The van der Waals surface area contributed by atoms with Crippen LogP contribution >= 0.6 is 22.6 Å². The van der Waals surface area contributed by atoms with Crippen LogP contribution < -0.4 is 0 Å². The van der Waals surface area contributed by atoms with E-state index in [9.17, 15) is 14.4 Å². The summed E-state index contributed by atoms with van der Waals surface area (Å²) in [5.41, 5.74) is 0.153. The lowest BCUT2D eigenvalue weighted by atomic mass is 10.0. The lowest BCUT2D eigenvalue weighted by molar-refractivity contribution is 0.0429. The molecule has 0 atom stereocenters. The minimum absolute atomic E-state index is 0.0277. The van der Waals surface area contributed by atoms with Crippen LogP contribution in [0.25, 0.3) is 0 Å². The van der Waals surface area contributed by atoms with Gasteiger partial charge in [-0.25, -0.2) is 14.4 Å². The number of rotatable bonds is 36. The van der Waals surface area contributed by atoms with Gasteiger partial charge in [-0.2, -0.15) is 0 Å². The lowest BCUT2D eigenvalue weighted by Gasteiger charge is -2.15. The number of esters is 3. The average molecular weight is 841 g/mol. The molecule has 0 fully saturated rings. The Morgan fingerprint density at radius 3 is 0.981 bits per heavy atom. The van der Waals surface area contributed by atoms with E-state index in [-0.39, 0.29) is 36.5 Å². The van der Waals surface area contributed by atoms with Crippen molar-refractivity contribution >= 4 is 40.5 Å². The van der Waals surface area contributed by atoms with E-state index in [0.717, 1.165) is 57.8 Å². The van der Waals surface area contributed by atoms with E-state index < -0.39 is 17.9 Å². The van der Waals surface area contributed by atoms with E-state index in [1.165, 1.54) is 135 Å². The van der Waals surface area contributed by atoms with E-state index in [4.69, 9.17) is 14.2 Å². The van der Waals surface area contributed by atoms with Gasteiger partial charge in [0, 0.05) is 3.57 Å². The Morgan fingerprint density at radius 2 is 0.654 bits per heavy atom. The van der Waals surface area contributed by atoms with Gasteiger partial charge in [-0.05, 0) is 54.0 Å². The van der Waals surface area contributed by atoms with Gasteiger partial charge in [-0.3, -0.25) is 0 Å². The Balaban J connectivity index is 2.70. The van der Waals surface area contributed by atoms with Crippen molar-refractivity contribution in [2.75, 3.05) is 19.8 Å². The first-order valence-corrected chi connectivity index (χ1v) is 22.9. The van der Waals surface area contributed by atoms with Crippen molar-refractivity contribution in [2.45, 2.75) is 213 Å². The standard InChI is InChI=1S/C45H77IO6/c1-4-7-10-13-16-19-22-25-28-31-36-50-43(47)39-34-35-40(46)42(45(49)52-38-33-30-27-24-21-18-15-12-9-6-3)41(39)44(48)51-37-32-29-26-23-20-17-14-11-8-5-2/h34-35H,4-33,36-38H2,1-3H3. The molecular formula is C45H77IO6. The number of hydrogen-bond acceptors (Lipinski definition) is 6. The second-order valence-corrected chi connectivity index (χ2v) is 16.0. The molecule has 52 heavy (non-hydrogen) atoms. The molecule has 0 N–H and O–H groups in total. The molecule has 0 saturated heterocycles. The SMILES string of the molecule is CCCCCCCCCCCCOC(=O)c1ccc(I)c(C(=O)OCCCCCCCCCCCC)c1C(=O)OCCCCCCCCCCCC. The fourth-order valence-electron chi connectivity index (χ4n) is 6.64. The zero-order valence-corrected chi connectivity index (χ0v) is 36.0. The van der Waals surface area contributed by atoms with Crippen molar-refractivity contribution in [3.05, 3.63) is 32.4 Å². The summed E-state index contributed by atoms with van der Waals surface area (Å²) >= 11 is 2.04. The van der Waals surface area contributed by atoms with Gasteiger partial charge in [0.1, 0.15) is 0 Å². The first kappa shape index (κ1) is 48.4. The predicted octanol–water partition coefficient (Wildman–Crippen LogP) is 14.5. The molecule has 1 rings (SSSR count). The second kappa shape index (κ2) is 35.1. The third-order valence-electron chi connectivity index (χ3n) is 9.98. The molecule has 1 aromatic carbocycles. The maximum absolute atomic E-state index is 13.6. The van der Waals surface area contributed by atoms with Gasteiger partial charge < -0.3 is 14.2 Å². The molecule has 0 aliphatic carbocycles. The van der Waals surface area contributed by atoms with Gasteiger partial charge in [0.15, 0.2) is 0 Å². The Bertz CT molecular complexity index is 1040. The summed E-state index contributed by atoms with van der Waals surface area (Å²) in [6, 6.07) is 3.27. The number of unbranched alkanes of at least 4 members (excludes halogenated alkanes) is 27. The summed E-state index contributed by atoms with van der Waals surface area (Å²) in [7, 11) is 0. The van der Waals surface area contributed by atoms with Crippen LogP contribution in [0.4, 0.5) is 0 Å². The third kappa shape index (κ3) is 24.6. The summed E-state index contributed by atoms with van der Waals surface area (Å²) < 4.78 is 17.6. The number of carbonyl (C=O) groups excluding carboxylic acids is 3. The highest BCUT2D eigenvalue weighted by Gasteiger charge is 2.29. The van der Waals surface area contributed by atoms with Crippen LogP contribution in [-0.2, 0) is 14.2 Å². The van der Waals surface area contributed by atoms with Gasteiger partial charge in [0.2, 0.25) is 0 Å². The second-order valence-electron chi connectivity index (χ2n) is 14.8. The molecule has 300 valence electrons. The van der Waals surface area contributed by atoms with Crippen molar-refractivity contribution in [1.29, 1.82) is 0 Å². The maximum atomic E-state index is 13.6. The van der Waals surface area contributed by atoms with Crippen LogP contribution in [0.3, 0.4) is 0 Å². The van der Waals surface area contributed by atoms with E-state index in [2.05, 4.69) is 20.8 Å². The molecule has 0 spiro atoms. The lowest BCUT2D eigenvalue weighted by Crippen LogP contribution is -2.22. The van der Waals surface area contributed by atoms with Gasteiger partial charge in [0.05, 0.1) is 36.5 Å². The van der Waals surface area contributed by atoms with Crippen molar-refractivity contribution in [2.24, 2.45) is 0 Å². The number of ether oxygens (including phenoxy) is 3. The number of carbonyl (C=O) groups is 3. The number of benzene rings is 1. The molecule has 0 aliphatic rings. The van der Waals surface area contributed by atoms with Crippen molar-refractivity contribution in [3.8, 4) is 0 Å². The quantitative estimate of drug-likeness (QED) is 0.0290. The fourth-order valence-corrected chi connectivity index (χ4v) is 7.31. The first-order valence-electron chi connectivity index (χ1n) is 21.8. The van der Waals surface area contributed by atoms with Gasteiger partial charge in [-0.1, -0.05) is 194 Å². The Morgan fingerprint density at radius 1 is 0.385 bits per heavy atom. The van der Waals surface area contributed by atoms with Crippen LogP contribution in [0.5, 0.6) is 0 Å². The van der Waals surface area contributed by atoms with Gasteiger partial charge in [0.25, 0.3) is 0 Å². The minimum Gasteiger partial charge on any atom is -0.462 e. The molecule has 1 aromatic rings. The zero-order chi connectivity index (χ0) is 37.9. The molecule has 0 heterocycles. The van der Waals surface area contributed by atoms with Crippen molar-refractivity contribution < 1.29 is 28.6 Å². The van der Waals surface area contributed by atoms with Crippen LogP contribution in [0.1, 0.15) is 244 Å². The maximum Gasteiger partial charge on any atom is 0.340 e.